The van der Waals surface area contributed by atoms with E-state index >= 15 is 0 Å². The Morgan fingerprint density at radius 1 is 1.17 bits per heavy atom. The monoisotopic (exact) mass is 410 g/mol. The highest BCUT2D eigenvalue weighted by molar-refractivity contribution is 5.94. The number of carbonyl (C=O) groups excluding carboxylic acids is 2. The number of aromatic nitrogens is 2. The van der Waals surface area contributed by atoms with Gasteiger partial charge in [-0.25, -0.2) is 4.68 Å². The normalized spacial score (nSPS) is 11.2. The number of alkyl halides is 3. The van der Waals surface area contributed by atoms with Gasteiger partial charge >= 0.3 is 6.18 Å². The topological polar surface area (TPSA) is 84.3 Å². The number of amides is 2. The summed E-state index contributed by atoms with van der Waals surface area (Å²) in [6.45, 7) is 5.68. The van der Waals surface area contributed by atoms with E-state index in [1.165, 1.54) is 24.0 Å². The van der Waals surface area contributed by atoms with Gasteiger partial charge in [0, 0.05) is 24.8 Å². The third-order valence-corrected chi connectivity index (χ3v) is 4.26. The fourth-order valence-corrected chi connectivity index (χ4v) is 2.71. The molecule has 2 aromatic rings. The van der Waals surface area contributed by atoms with Crippen molar-refractivity contribution in [1.29, 1.82) is 0 Å². The Kier molecular flexibility index (Phi) is 6.78. The van der Waals surface area contributed by atoms with E-state index in [-0.39, 0.29) is 23.8 Å². The zero-order chi connectivity index (χ0) is 21.8. The van der Waals surface area contributed by atoms with Crippen molar-refractivity contribution < 1.29 is 22.8 Å². The number of benzene rings is 1. The Balaban J connectivity index is 2.34. The van der Waals surface area contributed by atoms with Gasteiger partial charge in [0.25, 0.3) is 5.91 Å². The standard InChI is InChI=1S/C19H21F3N4O3/c1-4-25(5-2)16(28)11-23-18(29)17-15(27)9-12(3)26(24-17)14-8-6-7-13(10-14)19(20,21)22/h6-10H,4-5,11H2,1-3H3,(H,23,29). The summed E-state index contributed by atoms with van der Waals surface area (Å²) in [5, 5.41) is 6.26. The van der Waals surface area contributed by atoms with Crippen LogP contribution in [-0.4, -0.2) is 46.1 Å². The highest BCUT2D eigenvalue weighted by Gasteiger charge is 2.30. The first-order valence-corrected chi connectivity index (χ1v) is 8.93. The van der Waals surface area contributed by atoms with Crippen LogP contribution < -0.4 is 10.7 Å². The third-order valence-electron chi connectivity index (χ3n) is 4.26. The Bertz CT molecular complexity index is 966. The zero-order valence-electron chi connectivity index (χ0n) is 16.2. The fourth-order valence-electron chi connectivity index (χ4n) is 2.71. The molecule has 29 heavy (non-hydrogen) atoms. The number of nitrogens with one attached hydrogen (secondary N) is 1. The van der Waals surface area contributed by atoms with E-state index in [4.69, 9.17) is 0 Å². The molecule has 0 aliphatic heterocycles. The van der Waals surface area contributed by atoms with Gasteiger partial charge in [-0.1, -0.05) is 6.07 Å². The van der Waals surface area contributed by atoms with E-state index in [1.54, 1.807) is 13.8 Å². The van der Waals surface area contributed by atoms with Crippen molar-refractivity contribution in [2.75, 3.05) is 19.6 Å². The van der Waals surface area contributed by atoms with E-state index in [1.807, 2.05) is 0 Å². The van der Waals surface area contributed by atoms with Gasteiger partial charge < -0.3 is 10.2 Å². The van der Waals surface area contributed by atoms with Crippen molar-refractivity contribution in [3.63, 3.8) is 0 Å². The van der Waals surface area contributed by atoms with Crippen LogP contribution in [0.1, 0.15) is 35.6 Å². The van der Waals surface area contributed by atoms with Gasteiger partial charge in [0.1, 0.15) is 0 Å². The van der Waals surface area contributed by atoms with E-state index in [9.17, 15) is 27.6 Å². The van der Waals surface area contributed by atoms with E-state index < -0.39 is 28.8 Å². The molecule has 0 radical (unpaired) electrons. The van der Waals surface area contributed by atoms with Crippen LogP contribution in [0.3, 0.4) is 0 Å². The molecule has 0 aliphatic carbocycles. The van der Waals surface area contributed by atoms with E-state index in [2.05, 4.69) is 10.4 Å². The second kappa shape index (κ2) is 8.89. The molecule has 0 bridgehead atoms. The Labute approximate surface area is 165 Å². The van der Waals surface area contributed by atoms with Crippen LogP contribution in [0.15, 0.2) is 35.1 Å². The minimum atomic E-state index is -4.55. The first-order chi connectivity index (χ1) is 13.6. The molecule has 1 heterocycles. The highest BCUT2D eigenvalue weighted by Crippen LogP contribution is 2.30. The average Bonchev–Trinajstić information content (AvgIpc) is 2.66. The number of nitrogens with zero attached hydrogens (tertiary/aromatic N) is 3. The van der Waals surface area contributed by atoms with E-state index in [0.29, 0.717) is 13.1 Å². The second-order valence-electron chi connectivity index (χ2n) is 6.21. The number of hydrogen-bond donors (Lipinski definition) is 1. The largest absolute Gasteiger partial charge is 0.416 e. The molecule has 0 saturated heterocycles. The summed E-state index contributed by atoms with van der Waals surface area (Å²) < 4.78 is 40.0. The maximum atomic E-state index is 13.0. The number of aryl methyl sites for hydroxylation is 1. The molecule has 2 rings (SSSR count). The number of carbonyl (C=O) groups is 2. The zero-order valence-corrected chi connectivity index (χ0v) is 16.2. The molecule has 1 aromatic heterocycles. The Morgan fingerprint density at radius 2 is 1.83 bits per heavy atom. The Hall–Kier alpha value is -3.17. The number of rotatable bonds is 6. The molecule has 0 spiro atoms. The summed E-state index contributed by atoms with van der Waals surface area (Å²) in [5.74, 6) is -1.20. The molecule has 0 saturated carbocycles. The van der Waals surface area contributed by atoms with Crippen molar-refractivity contribution in [2.24, 2.45) is 0 Å². The van der Waals surface area contributed by atoms with Crippen molar-refractivity contribution in [3.05, 3.63) is 57.5 Å². The summed E-state index contributed by atoms with van der Waals surface area (Å²) in [5.41, 5.74) is -1.79. The highest BCUT2D eigenvalue weighted by atomic mass is 19.4. The quantitative estimate of drug-likeness (QED) is 0.791. The molecule has 10 heteroatoms. The predicted octanol–water partition coefficient (Wildman–Crippen LogP) is 2.16. The molecular weight excluding hydrogens is 389 g/mol. The summed E-state index contributed by atoms with van der Waals surface area (Å²) in [7, 11) is 0. The summed E-state index contributed by atoms with van der Waals surface area (Å²) >= 11 is 0. The van der Waals surface area contributed by atoms with Gasteiger partial charge in [-0.15, -0.1) is 0 Å². The number of likely N-dealkylation sites (N-methyl/N-ethyl adjacent to an activating group) is 1. The molecule has 1 aromatic carbocycles. The van der Waals surface area contributed by atoms with Crippen molar-refractivity contribution in [3.8, 4) is 5.69 Å². The molecule has 0 unspecified atom stereocenters. The first kappa shape index (κ1) is 22.1. The lowest BCUT2D eigenvalue weighted by Gasteiger charge is -2.18. The third kappa shape index (κ3) is 5.21. The smallest absolute Gasteiger partial charge is 0.342 e. The van der Waals surface area contributed by atoms with Gasteiger partial charge in [0.15, 0.2) is 5.69 Å². The van der Waals surface area contributed by atoms with Crippen LogP contribution in [0.2, 0.25) is 0 Å². The number of hydrogen-bond acceptors (Lipinski definition) is 4. The molecule has 7 nitrogen and oxygen atoms in total. The fraction of sp³-hybridized carbons (Fsp3) is 0.368. The lowest BCUT2D eigenvalue weighted by molar-refractivity contribution is -0.137. The SMILES string of the molecule is CCN(CC)C(=O)CNC(=O)c1nn(-c2cccc(C(F)(F)F)c2)c(C)cc1=O. The van der Waals surface area contributed by atoms with Crippen LogP contribution in [0, 0.1) is 6.92 Å². The Morgan fingerprint density at radius 3 is 2.41 bits per heavy atom. The maximum Gasteiger partial charge on any atom is 0.416 e. The van der Waals surface area contributed by atoms with Crippen LogP contribution in [-0.2, 0) is 11.0 Å². The lowest BCUT2D eigenvalue weighted by Crippen LogP contribution is -2.41. The van der Waals surface area contributed by atoms with Gasteiger partial charge in [0.2, 0.25) is 11.3 Å². The van der Waals surface area contributed by atoms with Gasteiger partial charge in [-0.2, -0.15) is 18.3 Å². The lowest BCUT2D eigenvalue weighted by atomic mass is 10.2. The molecule has 0 atom stereocenters. The van der Waals surface area contributed by atoms with Crippen LogP contribution in [0.25, 0.3) is 5.69 Å². The van der Waals surface area contributed by atoms with E-state index in [0.717, 1.165) is 22.9 Å². The number of halogens is 3. The first-order valence-electron chi connectivity index (χ1n) is 8.93. The summed E-state index contributed by atoms with van der Waals surface area (Å²) in [4.78, 5) is 38.0. The minimum Gasteiger partial charge on any atom is -0.342 e. The summed E-state index contributed by atoms with van der Waals surface area (Å²) in [6, 6.07) is 5.48. The maximum absolute atomic E-state index is 13.0. The van der Waals surface area contributed by atoms with Crippen LogP contribution in [0.4, 0.5) is 13.2 Å². The van der Waals surface area contributed by atoms with Gasteiger partial charge in [-0.05, 0) is 39.0 Å². The second-order valence-corrected chi connectivity index (χ2v) is 6.21. The molecule has 0 aliphatic rings. The van der Waals surface area contributed by atoms with Crippen molar-refractivity contribution >= 4 is 11.8 Å². The van der Waals surface area contributed by atoms with Crippen molar-refractivity contribution in [1.82, 2.24) is 20.0 Å². The summed E-state index contributed by atoms with van der Waals surface area (Å²) in [6.07, 6.45) is -4.55. The van der Waals surface area contributed by atoms with Gasteiger partial charge in [0.05, 0.1) is 17.8 Å². The molecule has 1 N–H and O–H groups in total. The van der Waals surface area contributed by atoms with Crippen molar-refractivity contribution in [2.45, 2.75) is 26.9 Å². The van der Waals surface area contributed by atoms with Gasteiger partial charge in [-0.3, -0.25) is 14.4 Å². The molecule has 156 valence electrons. The minimum absolute atomic E-state index is 0.0468. The van der Waals surface area contributed by atoms with Crippen LogP contribution >= 0.6 is 0 Å². The molecule has 2 amide bonds. The average molecular weight is 410 g/mol. The van der Waals surface area contributed by atoms with Crippen LogP contribution in [0.5, 0.6) is 0 Å². The molecular formula is C19H21F3N4O3. The molecule has 0 fully saturated rings. The predicted molar refractivity (Wildman–Crippen MR) is 99.8 cm³/mol.